The van der Waals surface area contributed by atoms with E-state index in [1.54, 1.807) is 17.0 Å². The first-order valence-electron chi connectivity index (χ1n) is 9.54. The van der Waals surface area contributed by atoms with Crippen LogP contribution in [0.3, 0.4) is 0 Å². The molecule has 0 aliphatic heterocycles. The van der Waals surface area contributed by atoms with Crippen LogP contribution in [0.2, 0.25) is 5.02 Å². The highest BCUT2D eigenvalue weighted by Crippen LogP contribution is 2.20. The number of carbonyl (C=O) groups excluding carboxylic acids is 2. The van der Waals surface area contributed by atoms with Gasteiger partial charge in [0.05, 0.1) is 5.75 Å². The number of thioether (sulfide) groups is 1. The fraction of sp³-hybridized carbons (Fsp3) is 0.364. The Morgan fingerprint density at radius 1 is 1.07 bits per heavy atom. The summed E-state index contributed by atoms with van der Waals surface area (Å²) in [6.45, 7) is 4.93. The Kier molecular flexibility index (Phi) is 9.38. The van der Waals surface area contributed by atoms with Crippen molar-refractivity contribution < 1.29 is 9.59 Å². The molecule has 6 heteroatoms. The molecule has 0 fully saturated rings. The van der Waals surface area contributed by atoms with Gasteiger partial charge in [-0.15, -0.1) is 11.8 Å². The normalized spacial score (nSPS) is 11.7. The number of halogens is 1. The molecule has 0 aliphatic carbocycles. The second-order valence-corrected chi connectivity index (χ2v) is 7.95. The van der Waals surface area contributed by atoms with Crippen molar-refractivity contribution >= 4 is 35.2 Å². The van der Waals surface area contributed by atoms with Gasteiger partial charge in [0.1, 0.15) is 6.04 Å². The number of carbonyl (C=O) groups is 2. The van der Waals surface area contributed by atoms with Crippen molar-refractivity contribution in [3.05, 3.63) is 65.2 Å². The summed E-state index contributed by atoms with van der Waals surface area (Å²) < 4.78 is 0. The molecule has 0 bridgehead atoms. The van der Waals surface area contributed by atoms with Crippen LogP contribution in [-0.4, -0.2) is 35.1 Å². The Balaban J connectivity index is 2.16. The van der Waals surface area contributed by atoms with Gasteiger partial charge in [0.25, 0.3) is 0 Å². The predicted octanol–water partition coefficient (Wildman–Crippen LogP) is 4.77. The van der Waals surface area contributed by atoms with Gasteiger partial charge < -0.3 is 10.2 Å². The Hall–Kier alpha value is -1.98. The van der Waals surface area contributed by atoms with Crippen molar-refractivity contribution in [1.29, 1.82) is 0 Å². The zero-order valence-electron chi connectivity index (χ0n) is 16.4. The summed E-state index contributed by atoms with van der Waals surface area (Å²) in [7, 11) is 0. The molecule has 2 aromatic rings. The molecule has 1 atom stereocenters. The molecule has 0 aliphatic rings. The lowest BCUT2D eigenvalue weighted by Gasteiger charge is -2.30. The van der Waals surface area contributed by atoms with Gasteiger partial charge in [-0.2, -0.15) is 0 Å². The van der Waals surface area contributed by atoms with Crippen molar-refractivity contribution in [2.75, 3.05) is 12.3 Å². The summed E-state index contributed by atoms with van der Waals surface area (Å²) in [6.07, 6.45) is 1.42. The van der Waals surface area contributed by atoms with Gasteiger partial charge in [-0.25, -0.2) is 0 Å². The van der Waals surface area contributed by atoms with E-state index in [9.17, 15) is 9.59 Å². The van der Waals surface area contributed by atoms with E-state index in [2.05, 4.69) is 5.32 Å². The minimum atomic E-state index is -0.494. The van der Waals surface area contributed by atoms with Crippen molar-refractivity contribution in [2.45, 2.75) is 44.2 Å². The number of hydrogen-bond acceptors (Lipinski definition) is 3. The topological polar surface area (TPSA) is 49.4 Å². The van der Waals surface area contributed by atoms with Crippen LogP contribution >= 0.6 is 23.4 Å². The van der Waals surface area contributed by atoms with Crippen molar-refractivity contribution in [3.8, 4) is 0 Å². The Labute approximate surface area is 176 Å². The second-order valence-electron chi connectivity index (χ2n) is 6.46. The summed E-state index contributed by atoms with van der Waals surface area (Å²) in [5.74, 6) is 0.133. The lowest BCUT2D eigenvalue weighted by atomic mass is 10.1. The molecule has 1 unspecified atom stereocenters. The lowest BCUT2D eigenvalue weighted by molar-refractivity contribution is -0.139. The van der Waals surface area contributed by atoms with Gasteiger partial charge in [0, 0.05) is 23.0 Å². The van der Waals surface area contributed by atoms with Crippen LogP contribution < -0.4 is 5.32 Å². The number of benzene rings is 2. The van der Waals surface area contributed by atoms with E-state index < -0.39 is 6.04 Å². The molecule has 0 heterocycles. The van der Waals surface area contributed by atoms with Crippen molar-refractivity contribution in [3.63, 3.8) is 0 Å². The van der Waals surface area contributed by atoms with Crippen molar-refractivity contribution in [1.82, 2.24) is 10.2 Å². The minimum absolute atomic E-state index is 0.0534. The number of hydrogen-bond donors (Lipinski definition) is 1. The number of nitrogens with zero attached hydrogens (tertiary/aromatic N) is 1. The predicted molar refractivity (Wildman–Crippen MR) is 117 cm³/mol. The van der Waals surface area contributed by atoms with Crippen LogP contribution in [0.15, 0.2) is 59.5 Å². The molecule has 0 saturated heterocycles. The molecule has 1 N–H and O–H groups in total. The molecule has 2 rings (SSSR count). The van der Waals surface area contributed by atoms with Gasteiger partial charge in [-0.05, 0) is 42.7 Å². The Bertz CT molecular complexity index is 753. The highest BCUT2D eigenvalue weighted by atomic mass is 35.5. The molecule has 28 heavy (non-hydrogen) atoms. The second kappa shape index (κ2) is 11.8. The van der Waals surface area contributed by atoms with Crippen LogP contribution in [0.4, 0.5) is 0 Å². The third-order valence-electron chi connectivity index (χ3n) is 4.31. The third kappa shape index (κ3) is 6.88. The van der Waals surface area contributed by atoms with E-state index in [0.29, 0.717) is 24.5 Å². The fourth-order valence-electron chi connectivity index (χ4n) is 2.82. The molecule has 0 radical (unpaired) electrons. The zero-order chi connectivity index (χ0) is 20.4. The van der Waals surface area contributed by atoms with E-state index in [4.69, 9.17) is 11.6 Å². The molecular weight excluding hydrogens is 392 g/mol. The number of amides is 2. The molecule has 4 nitrogen and oxygen atoms in total. The minimum Gasteiger partial charge on any atom is -0.354 e. The fourth-order valence-corrected chi connectivity index (χ4v) is 3.75. The lowest BCUT2D eigenvalue weighted by Crippen LogP contribution is -2.49. The summed E-state index contributed by atoms with van der Waals surface area (Å²) >= 11 is 7.46. The maximum atomic E-state index is 13.1. The summed E-state index contributed by atoms with van der Waals surface area (Å²) in [5, 5.41) is 3.57. The molecule has 0 spiro atoms. The van der Waals surface area contributed by atoms with E-state index in [0.717, 1.165) is 16.9 Å². The van der Waals surface area contributed by atoms with Crippen molar-refractivity contribution in [2.24, 2.45) is 0 Å². The SMILES string of the molecule is CCCNC(=O)C(CC)N(Cc1ccc(Cl)cc1)C(=O)CSc1ccccc1. The van der Waals surface area contributed by atoms with E-state index in [-0.39, 0.29) is 17.6 Å². The quantitative estimate of drug-likeness (QED) is 0.565. The summed E-state index contributed by atoms with van der Waals surface area (Å²) in [4.78, 5) is 28.4. The Morgan fingerprint density at radius 3 is 2.36 bits per heavy atom. The molecule has 0 saturated carbocycles. The van der Waals surface area contributed by atoms with Crippen LogP contribution in [-0.2, 0) is 16.1 Å². The molecular formula is C22H27ClN2O2S. The van der Waals surface area contributed by atoms with Crippen LogP contribution in [0.1, 0.15) is 32.3 Å². The first kappa shape index (κ1) is 22.3. The molecule has 0 aromatic heterocycles. The van der Waals surface area contributed by atoms with Gasteiger partial charge in [0.15, 0.2) is 0 Å². The standard InChI is InChI=1S/C22H27ClN2O2S/c1-3-14-24-22(27)20(4-2)25(15-17-10-12-18(23)13-11-17)21(26)16-28-19-8-6-5-7-9-19/h5-13,20H,3-4,14-16H2,1-2H3,(H,24,27). The highest BCUT2D eigenvalue weighted by Gasteiger charge is 2.28. The van der Waals surface area contributed by atoms with Gasteiger partial charge >= 0.3 is 0 Å². The average molecular weight is 419 g/mol. The van der Waals surface area contributed by atoms with Gasteiger partial charge in [0.2, 0.25) is 11.8 Å². The molecule has 2 aromatic carbocycles. The number of rotatable bonds is 10. The Morgan fingerprint density at radius 2 is 1.75 bits per heavy atom. The van der Waals surface area contributed by atoms with E-state index in [1.807, 2.05) is 56.3 Å². The average Bonchev–Trinajstić information content (AvgIpc) is 2.72. The third-order valence-corrected chi connectivity index (χ3v) is 5.56. The first-order valence-corrected chi connectivity index (χ1v) is 10.9. The highest BCUT2D eigenvalue weighted by molar-refractivity contribution is 8.00. The smallest absolute Gasteiger partial charge is 0.242 e. The molecule has 2 amide bonds. The first-order chi connectivity index (χ1) is 13.5. The van der Waals surface area contributed by atoms with Gasteiger partial charge in [-0.1, -0.05) is 55.8 Å². The maximum Gasteiger partial charge on any atom is 0.242 e. The summed E-state index contributed by atoms with van der Waals surface area (Å²) in [5.41, 5.74) is 0.948. The van der Waals surface area contributed by atoms with Crippen LogP contribution in [0, 0.1) is 0 Å². The maximum absolute atomic E-state index is 13.1. The van der Waals surface area contributed by atoms with Crippen LogP contribution in [0.25, 0.3) is 0 Å². The van der Waals surface area contributed by atoms with Crippen LogP contribution in [0.5, 0.6) is 0 Å². The van der Waals surface area contributed by atoms with Gasteiger partial charge in [-0.3, -0.25) is 9.59 Å². The van der Waals surface area contributed by atoms with E-state index in [1.165, 1.54) is 11.8 Å². The largest absolute Gasteiger partial charge is 0.354 e. The van der Waals surface area contributed by atoms with E-state index >= 15 is 0 Å². The zero-order valence-corrected chi connectivity index (χ0v) is 17.9. The molecule has 150 valence electrons. The summed E-state index contributed by atoms with van der Waals surface area (Å²) in [6, 6.07) is 16.7. The monoisotopic (exact) mass is 418 g/mol. The number of nitrogens with one attached hydrogen (secondary N) is 1.